The van der Waals surface area contributed by atoms with Crippen LogP contribution in [0.1, 0.15) is 25.3 Å². The fourth-order valence-electron chi connectivity index (χ4n) is 3.02. The minimum absolute atomic E-state index is 0.0860. The van der Waals surface area contributed by atoms with Gasteiger partial charge in [-0.15, -0.1) is 0 Å². The second-order valence-electron chi connectivity index (χ2n) is 6.84. The Balaban J connectivity index is 2.02. The summed E-state index contributed by atoms with van der Waals surface area (Å²) in [6.45, 7) is 3.32. The Morgan fingerprint density at radius 3 is 2.75 bits per heavy atom. The maximum Gasteiger partial charge on any atom is 0.422 e. The molecule has 1 aliphatic rings. The van der Waals surface area contributed by atoms with Crippen LogP contribution in [0.3, 0.4) is 0 Å². The third-order valence-electron chi connectivity index (χ3n) is 4.57. The Hall–Kier alpha value is -2.00. The first-order valence-corrected chi connectivity index (χ1v) is 9.36. The molecule has 1 heterocycles. The van der Waals surface area contributed by atoms with Gasteiger partial charge in [0.1, 0.15) is 5.75 Å². The van der Waals surface area contributed by atoms with Crippen molar-refractivity contribution < 1.29 is 27.8 Å². The third kappa shape index (κ3) is 7.20. The van der Waals surface area contributed by atoms with Gasteiger partial charge in [-0.2, -0.15) is 13.2 Å². The number of aliphatic imine (C=N–C) groups is 1. The summed E-state index contributed by atoms with van der Waals surface area (Å²) in [4.78, 5) is 4.47. The highest BCUT2D eigenvalue weighted by Crippen LogP contribution is 2.31. The van der Waals surface area contributed by atoms with Gasteiger partial charge in [0, 0.05) is 37.3 Å². The first-order chi connectivity index (χ1) is 13.4. The van der Waals surface area contributed by atoms with Gasteiger partial charge in [-0.1, -0.05) is 18.2 Å². The fraction of sp³-hybridized carbons (Fsp3) is 0.632. The van der Waals surface area contributed by atoms with E-state index in [2.05, 4.69) is 15.6 Å². The maximum atomic E-state index is 12.4. The molecular weight excluding hydrogens is 375 g/mol. The van der Waals surface area contributed by atoms with Crippen LogP contribution in [-0.4, -0.2) is 56.8 Å². The molecule has 1 atom stereocenters. The molecule has 0 amide bonds. The van der Waals surface area contributed by atoms with E-state index in [0.29, 0.717) is 44.2 Å². The minimum Gasteiger partial charge on any atom is -0.484 e. The standard InChI is InChI=1S/C19H28F3N3O3/c1-2-23-17(25-12-18(7-9-26)8-10-27-13-18)24-11-15-5-3-4-6-16(15)28-14-19(20,21)22/h3-6,26H,2,7-14H2,1H3,(H2,23,24,25). The van der Waals surface area contributed by atoms with Gasteiger partial charge in [-0.3, -0.25) is 0 Å². The van der Waals surface area contributed by atoms with Gasteiger partial charge in [0.05, 0.1) is 13.2 Å². The summed E-state index contributed by atoms with van der Waals surface area (Å²) >= 11 is 0. The van der Waals surface area contributed by atoms with E-state index in [1.807, 2.05) is 6.92 Å². The molecule has 1 aromatic rings. The second kappa shape index (κ2) is 10.5. The van der Waals surface area contributed by atoms with Crippen molar-refractivity contribution in [2.75, 3.05) is 39.5 Å². The zero-order valence-corrected chi connectivity index (χ0v) is 16.0. The number of nitrogens with one attached hydrogen (secondary N) is 2. The minimum atomic E-state index is -4.39. The molecule has 1 saturated heterocycles. The van der Waals surface area contributed by atoms with Crippen LogP contribution in [0.25, 0.3) is 0 Å². The number of alkyl halides is 3. The van der Waals surface area contributed by atoms with E-state index in [9.17, 15) is 18.3 Å². The monoisotopic (exact) mass is 403 g/mol. The first kappa shape index (κ1) is 22.3. The molecule has 6 nitrogen and oxygen atoms in total. The summed E-state index contributed by atoms with van der Waals surface area (Å²) in [5, 5.41) is 15.7. The van der Waals surface area contributed by atoms with Gasteiger partial charge in [-0.25, -0.2) is 4.99 Å². The highest BCUT2D eigenvalue weighted by atomic mass is 19.4. The molecule has 0 bridgehead atoms. The number of nitrogens with zero attached hydrogens (tertiary/aromatic N) is 1. The number of guanidine groups is 1. The molecule has 0 aromatic heterocycles. The highest BCUT2D eigenvalue weighted by Gasteiger charge is 2.34. The molecule has 2 rings (SSSR count). The molecule has 0 spiro atoms. The van der Waals surface area contributed by atoms with Gasteiger partial charge in [-0.05, 0) is 25.8 Å². The van der Waals surface area contributed by atoms with E-state index in [4.69, 9.17) is 9.47 Å². The predicted molar refractivity (Wildman–Crippen MR) is 100 cm³/mol. The predicted octanol–water partition coefficient (Wildman–Crippen LogP) is 2.47. The number of benzene rings is 1. The van der Waals surface area contributed by atoms with Gasteiger partial charge in [0.2, 0.25) is 0 Å². The van der Waals surface area contributed by atoms with Crippen LogP contribution in [-0.2, 0) is 11.3 Å². The summed E-state index contributed by atoms with van der Waals surface area (Å²) < 4.78 is 47.7. The second-order valence-corrected chi connectivity index (χ2v) is 6.84. The maximum absolute atomic E-state index is 12.4. The highest BCUT2D eigenvalue weighted by molar-refractivity contribution is 5.79. The van der Waals surface area contributed by atoms with Gasteiger partial charge in [0.25, 0.3) is 0 Å². The van der Waals surface area contributed by atoms with Crippen molar-refractivity contribution in [3.8, 4) is 5.75 Å². The van der Waals surface area contributed by atoms with Crippen molar-refractivity contribution in [2.24, 2.45) is 10.4 Å². The van der Waals surface area contributed by atoms with Crippen molar-refractivity contribution in [1.82, 2.24) is 10.6 Å². The molecule has 1 unspecified atom stereocenters. The molecule has 28 heavy (non-hydrogen) atoms. The number of halogens is 3. The van der Waals surface area contributed by atoms with Gasteiger partial charge < -0.3 is 25.2 Å². The summed E-state index contributed by atoms with van der Waals surface area (Å²) in [6, 6.07) is 6.55. The molecule has 1 fully saturated rings. The average Bonchev–Trinajstić information content (AvgIpc) is 3.11. The summed E-state index contributed by atoms with van der Waals surface area (Å²) in [7, 11) is 0. The third-order valence-corrected chi connectivity index (χ3v) is 4.57. The lowest BCUT2D eigenvalue weighted by atomic mass is 9.84. The smallest absolute Gasteiger partial charge is 0.422 e. The number of ether oxygens (including phenoxy) is 2. The molecular formula is C19H28F3N3O3. The SMILES string of the molecule is CCNC(=NCc1ccccc1OCC(F)(F)F)NCC1(CCO)CCOC1. The largest absolute Gasteiger partial charge is 0.484 e. The van der Waals surface area contributed by atoms with E-state index in [-0.39, 0.29) is 24.3 Å². The Kier molecular flexibility index (Phi) is 8.37. The van der Waals surface area contributed by atoms with Crippen LogP contribution in [0.4, 0.5) is 13.2 Å². The number of aliphatic hydroxyl groups excluding tert-OH is 1. The average molecular weight is 403 g/mol. The summed E-state index contributed by atoms with van der Waals surface area (Å²) in [5.74, 6) is 0.720. The fourth-order valence-corrected chi connectivity index (χ4v) is 3.02. The number of hydrogen-bond acceptors (Lipinski definition) is 4. The first-order valence-electron chi connectivity index (χ1n) is 9.36. The number of para-hydroxylation sites is 1. The number of rotatable bonds is 9. The molecule has 1 aromatic carbocycles. The molecule has 0 aliphatic carbocycles. The lowest BCUT2D eigenvalue weighted by Gasteiger charge is -2.27. The Bertz CT molecular complexity index is 632. The van der Waals surface area contributed by atoms with Crippen molar-refractivity contribution >= 4 is 5.96 Å². The summed E-state index contributed by atoms with van der Waals surface area (Å²) in [6.07, 6.45) is -2.90. The van der Waals surface area contributed by atoms with Crippen LogP contribution >= 0.6 is 0 Å². The molecule has 0 saturated carbocycles. The number of aliphatic hydroxyl groups is 1. The zero-order chi connectivity index (χ0) is 20.5. The number of hydrogen-bond donors (Lipinski definition) is 3. The van der Waals surface area contributed by atoms with Gasteiger partial charge >= 0.3 is 6.18 Å². The normalized spacial score (nSPS) is 20.2. The molecule has 3 N–H and O–H groups in total. The Labute approximate surface area is 163 Å². The van der Waals surface area contributed by atoms with Crippen molar-refractivity contribution in [3.05, 3.63) is 29.8 Å². The van der Waals surface area contributed by atoms with Crippen molar-refractivity contribution in [3.63, 3.8) is 0 Å². The van der Waals surface area contributed by atoms with E-state index in [1.165, 1.54) is 6.07 Å². The lowest BCUT2D eigenvalue weighted by molar-refractivity contribution is -0.153. The van der Waals surface area contributed by atoms with Crippen molar-refractivity contribution in [2.45, 2.75) is 32.5 Å². The topological polar surface area (TPSA) is 75.1 Å². The Morgan fingerprint density at radius 2 is 2.11 bits per heavy atom. The molecule has 158 valence electrons. The van der Waals surface area contributed by atoms with Crippen LogP contribution < -0.4 is 15.4 Å². The zero-order valence-electron chi connectivity index (χ0n) is 16.0. The molecule has 0 radical (unpaired) electrons. The van der Waals surface area contributed by atoms with Crippen LogP contribution in [0.5, 0.6) is 5.75 Å². The quantitative estimate of drug-likeness (QED) is 0.436. The van der Waals surface area contributed by atoms with E-state index >= 15 is 0 Å². The van der Waals surface area contributed by atoms with E-state index in [1.54, 1.807) is 18.2 Å². The van der Waals surface area contributed by atoms with Crippen LogP contribution in [0.15, 0.2) is 29.3 Å². The van der Waals surface area contributed by atoms with E-state index in [0.717, 1.165) is 6.42 Å². The molecule has 1 aliphatic heterocycles. The Morgan fingerprint density at radius 1 is 1.32 bits per heavy atom. The van der Waals surface area contributed by atoms with Gasteiger partial charge in [0.15, 0.2) is 12.6 Å². The summed E-state index contributed by atoms with van der Waals surface area (Å²) in [5.41, 5.74) is 0.428. The molecule has 9 heteroatoms. The lowest BCUT2D eigenvalue weighted by Crippen LogP contribution is -2.44. The van der Waals surface area contributed by atoms with Crippen LogP contribution in [0, 0.1) is 5.41 Å². The van der Waals surface area contributed by atoms with E-state index < -0.39 is 12.8 Å². The van der Waals surface area contributed by atoms with Crippen molar-refractivity contribution in [1.29, 1.82) is 0 Å². The van der Waals surface area contributed by atoms with Crippen LogP contribution in [0.2, 0.25) is 0 Å².